The highest BCUT2D eigenvalue weighted by Crippen LogP contribution is 2.27. The Labute approximate surface area is 168 Å². The molecule has 1 N–H and O–H groups in total. The molecular formula is C21H22N2O2S2. The summed E-state index contributed by atoms with van der Waals surface area (Å²) in [6.07, 6.45) is 0.983. The molecule has 0 saturated heterocycles. The second-order valence-corrected chi connectivity index (χ2v) is 8.02. The molecule has 0 aliphatic carbocycles. The molecule has 0 saturated carbocycles. The molecule has 1 heterocycles. The number of amides is 1. The molecule has 1 aromatic heterocycles. The summed E-state index contributed by atoms with van der Waals surface area (Å²) < 4.78 is 5.60. The van der Waals surface area contributed by atoms with Crippen LogP contribution in [0.2, 0.25) is 0 Å². The fourth-order valence-corrected chi connectivity index (χ4v) is 3.90. The number of nitrogens with one attached hydrogen (secondary N) is 1. The third-order valence-electron chi connectivity index (χ3n) is 3.75. The Bertz CT molecular complexity index is 891. The molecule has 0 unspecified atom stereocenters. The van der Waals surface area contributed by atoms with Crippen LogP contribution >= 0.6 is 23.1 Å². The Kier molecular flexibility index (Phi) is 6.90. The van der Waals surface area contributed by atoms with E-state index in [9.17, 15) is 4.79 Å². The summed E-state index contributed by atoms with van der Waals surface area (Å²) in [5.41, 5.74) is 2.48. The summed E-state index contributed by atoms with van der Waals surface area (Å²) >= 11 is 3.14. The number of nitrogens with zero attached hydrogens (tertiary/aromatic N) is 1. The fraction of sp³-hybridized carbons (Fsp3) is 0.238. The zero-order valence-electron chi connectivity index (χ0n) is 15.4. The lowest BCUT2D eigenvalue weighted by atomic mass is 10.2. The summed E-state index contributed by atoms with van der Waals surface area (Å²) in [5.74, 6) is 1.69. The van der Waals surface area contributed by atoms with E-state index in [0.717, 1.165) is 34.1 Å². The lowest BCUT2D eigenvalue weighted by molar-refractivity contribution is 0.102. The molecule has 2 aromatic carbocycles. The molecule has 0 fully saturated rings. The summed E-state index contributed by atoms with van der Waals surface area (Å²) in [6, 6.07) is 15.5. The van der Waals surface area contributed by atoms with Crippen molar-refractivity contribution in [2.75, 3.05) is 17.7 Å². The number of benzene rings is 2. The molecule has 3 aromatic rings. The van der Waals surface area contributed by atoms with Crippen LogP contribution in [-0.2, 0) is 0 Å². The minimum absolute atomic E-state index is 0.141. The van der Waals surface area contributed by atoms with Gasteiger partial charge in [-0.25, -0.2) is 4.98 Å². The van der Waals surface area contributed by atoms with Crippen molar-refractivity contribution in [1.29, 1.82) is 0 Å². The maximum Gasteiger partial charge on any atom is 0.257 e. The first-order chi connectivity index (χ1) is 13.2. The van der Waals surface area contributed by atoms with Crippen molar-refractivity contribution in [3.05, 3.63) is 59.5 Å². The number of rotatable bonds is 8. The van der Waals surface area contributed by atoms with Crippen molar-refractivity contribution in [3.8, 4) is 17.0 Å². The van der Waals surface area contributed by atoms with Gasteiger partial charge in [0.2, 0.25) is 0 Å². The van der Waals surface area contributed by atoms with Crippen LogP contribution in [0.5, 0.6) is 5.75 Å². The van der Waals surface area contributed by atoms with Crippen LogP contribution in [0.3, 0.4) is 0 Å². The molecule has 0 aliphatic heterocycles. The van der Waals surface area contributed by atoms with Crippen molar-refractivity contribution in [2.45, 2.75) is 25.2 Å². The van der Waals surface area contributed by atoms with Crippen LogP contribution in [0, 0.1) is 0 Å². The summed E-state index contributed by atoms with van der Waals surface area (Å²) in [6.45, 7) is 4.89. The van der Waals surface area contributed by atoms with Gasteiger partial charge in [0, 0.05) is 21.4 Å². The van der Waals surface area contributed by atoms with E-state index in [1.807, 2.05) is 53.9 Å². The Morgan fingerprint density at radius 1 is 1.19 bits per heavy atom. The molecule has 27 heavy (non-hydrogen) atoms. The Hall–Kier alpha value is -2.31. The maximum atomic E-state index is 12.5. The summed E-state index contributed by atoms with van der Waals surface area (Å²) in [5, 5.41) is 5.43. The van der Waals surface area contributed by atoms with E-state index in [-0.39, 0.29) is 5.91 Å². The van der Waals surface area contributed by atoms with Gasteiger partial charge in [0.15, 0.2) is 5.13 Å². The number of aromatic nitrogens is 1. The first-order valence-corrected chi connectivity index (χ1v) is 10.8. The average Bonchev–Trinajstić information content (AvgIpc) is 3.16. The van der Waals surface area contributed by atoms with Gasteiger partial charge in [-0.15, -0.1) is 23.1 Å². The number of thiazole rings is 1. The zero-order valence-corrected chi connectivity index (χ0v) is 17.0. The standard InChI is InChI=1S/C21H22N2O2S2/c1-3-12-25-17-10-8-15(9-11-17)19-14-27-21(22-19)23-20(24)16-6-5-7-18(13-16)26-4-2/h5-11,13-14H,3-4,12H2,1-2H3,(H,22,23,24). The molecule has 0 aliphatic rings. The van der Waals surface area contributed by atoms with Gasteiger partial charge >= 0.3 is 0 Å². The minimum atomic E-state index is -0.141. The fourth-order valence-electron chi connectivity index (χ4n) is 2.47. The molecule has 0 bridgehead atoms. The second-order valence-electron chi connectivity index (χ2n) is 5.83. The first kappa shape index (κ1) is 19.5. The van der Waals surface area contributed by atoms with Gasteiger partial charge in [-0.2, -0.15) is 0 Å². The normalized spacial score (nSPS) is 10.6. The molecule has 140 valence electrons. The average molecular weight is 399 g/mol. The Balaban J connectivity index is 1.67. The van der Waals surface area contributed by atoms with E-state index < -0.39 is 0 Å². The Morgan fingerprint density at radius 3 is 2.74 bits per heavy atom. The molecular weight excluding hydrogens is 376 g/mol. The predicted molar refractivity (Wildman–Crippen MR) is 114 cm³/mol. The first-order valence-electron chi connectivity index (χ1n) is 8.92. The lowest BCUT2D eigenvalue weighted by Gasteiger charge is -2.05. The van der Waals surface area contributed by atoms with Crippen LogP contribution in [0.25, 0.3) is 11.3 Å². The number of hydrogen-bond donors (Lipinski definition) is 1. The SMILES string of the molecule is CCCOc1ccc(-c2csc(NC(=O)c3cccc(SCC)c3)n2)cc1. The molecule has 3 rings (SSSR count). The van der Waals surface area contributed by atoms with E-state index in [1.54, 1.807) is 11.8 Å². The smallest absolute Gasteiger partial charge is 0.257 e. The number of hydrogen-bond acceptors (Lipinski definition) is 5. The highest BCUT2D eigenvalue weighted by atomic mass is 32.2. The van der Waals surface area contributed by atoms with E-state index in [4.69, 9.17) is 4.74 Å². The minimum Gasteiger partial charge on any atom is -0.494 e. The monoisotopic (exact) mass is 398 g/mol. The number of anilines is 1. The van der Waals surface area contributed by atoms with Gasteiger partial charge in [-0.1, -0.05) is 19.9 Å². The topological polar surface area (TPSA) is 51.2 Å². The number of carbonyl (C=O) groups excluding carboxylic acids is 1. The summed E-state index contributed by atoms with van der Waals surface area (Å²) in [4.78, 5) is 18.1. The molecule has 0 spiro atoms. The molecule has 0 radical (unpaired) electrons. The van der Waals surface area contributed by atoms with Crippen molar-refractivity contribution in [2.24, 2.45) is 0 Å². The van der Waals surface area contributed by atoms with Crippen molar-refractivity contribution < 1.29 is 9.53 Å². The van der Waals surface area contributed by atoms with E-state index in [0.29, 0.717) is 17.3 Å². The Morgan fingerprint density at radius 2 is 2.00 bits per heavy atom. The molecule has 6 heteroatoms. The van der Waals surface area contributed by atoms with Crippen LogP contribution in [-0.4, -0.2) is 23.3 Å². The van der Waals surface area contributed by atoms with E-state index >= 15 is 0 Å². The van der Waals surface area contributed by atoms with Gasteiger partial charge in [-0.3, -0.25) is 10.1 Å². The molecule has 1 amide bonds. The van der Waals surface area contributed by atoms with Gasteiger partial charge in [-0.05, 0) is 54.6 Å². The highest BCUT2D eigenvalue weighted by molar-refractivity contribution is 7.99. The van der Waals surface area contributed by atoms with Crippen molar-refractivity contribution in [1.82, 2.24) is 4.98 Å². The predicted octanol–water partition coefficient (Wildman–Crippen LogP) is 5.96. The highest BCUT2D eigenvalue weighted by Gasteiger charge is 2.11. The second kappa shape index (κ2) is 9.58. The number of carbonyl (C=O) groups is 1. The zero-order chi connectivity index (χ0) is 19.1. The van der Waals surface area contributed by atoms with E-state index in [2.05, 4.69) is 24.1 Å². The quantitative estimate of drug-likeness (QED) is 0.475. The lowest BCUT2D eigenvalue weighted by Crippen LogP contribution is -2.11. The van der Waals surface area contributed by atoms with Gasteiger partial charge in [0.05, 0.1) is 12.3 Å². The van der Waals surface area contributed by atoms with Crippen LogP contribution < -0.4 is 10.1 Å². The van der Waals surface area contributed by atoms with Gasteiger partial charge in [0.25, 0.3) is 5.91 Å². The van der Waals surface area contributed by atoms with Crippen LogP contribution in [0.15, 0.2) is 58.8 Å². The molecule has 0 atom stereocenters. The van der Waals surface area contributed by atoms with Crippen LogP contribution in [0.4, 0.5) is 5.13 Å². The summed E-state index contributed by atoms with van der Waals surface area (Å²) in [7, 11) is 0. The largest absolute Gasteiger partial charge is 0.494 e. The van der Waals surface area contributed by atoms with E-state index in [1.165, 1.54) is 11.3 Å². The number of ether oxygens (including phenoxy) is 1. The number of thioether (sulfide) groups is 1. The van der Waals surface area contributed by atoms with Crippen LogP contribution in [0.1, 0.15) is 30.6 Å². The van der Waals surface area contributed by atoms with Gasteiger partial charge in [0.1, 0.15) is 5.75 Å². The maximum absolute atomic E-state index is 12.5. The van der Waals surface area contributed by atoms with Crippen molar-refractivity contribution >= 4 is 34.1 Å². The van der Waals surface area contributed by atoms with Crippen molar-refractivity contribution in [3.63, 3.8) is 0 Å². The third kappa shape index (κ3) is 5.34. The molecule has 4 nitrogen and oxygen atoms in total. The third-order valence-corrected chi connectivity index (χ3v) is 5.39. The van der Waals surface area contributed by atoms with Gasteiger partial charge < -0.3 is 4.74 Å².